The molecule has 0 radical (unpaired) electrons. The molecule has 1 amide bonds. The van der Waals surface area contributed by atoms with E-state index in [0.717, 1.165) is 43.1 Å². The van der Waals surface area contributed by atoms with Gasteiger partial charge in [-0.25, -0.2) is 0 Å². The molecular weight excluding hydrogens is 288 g/mol. The largest absolute Gasteiger partial charge is 0.465 e. The molecule has 0 aliphatic carbocycles. The zero-order chi connectivity index (χ0) is 15.8. The molecule has 2 aliphatic rings. The number of para-hydroxylation sites is 1. The van der Waals surface area contributed by atoms with Gasteiger partial charge in [-0.1, -0.05) is 18.2 Å². The molecule has 4 heteroatoms. The monoisotopic (exact) mass is 310 g/mol. The van der Waals surface area contributed by atoms with Gasteiger partial charge < -0.3 is 9.32 Å². The van der Waals surface area contributed by atoms with E-state index in [0.29, 0.717) is 12.5 Å². The van der Waals surface area contributed by atoms with Gasteiger partial charge in [0.05, 0.1) is 12.6 Å². The number of amides is 1. The first kappa shape index (κ1) is 14.5. The van der Waals surface area contributed by atoms with Gasteiger partial charge >= 0.3 is 0 Å². The Labute approximate surface area is 136 Å². The predicted molar refractivity (Wildman–Crippen MR) is 89.2 cm³/mol. The highest BCUT2D eigenvalue weighted by atomic mass is 16.3. The third-order valence-electron chi connectivity index (χ3n) is 5.07. The normalized spacial score (nSPS) is 24.9. The summed E-state index contributed by atoms with van der Waals surface area (Å²) in [4.78, 5) is 17.0. The van der Waals surface area contributed by atoms with Gasteiger partial charge in [-0.05, 0) is 44.0 Å². The molecule has 0 saturated carbocycles. The molecule has 2 atom stereocenters. The summed E-state index contributed by atoms with van der Waals surface area (Å²) in [6.45, 7) is 3.84. The van der Waals surface area contributed by atoms with E-state index in [1.54, 1.807) is 0 Å². The van der Waals surface area contributed by atoms with Gasteiger partial charge in [-0.15, -0.1) is 0 Å². The van der Waals surface area contributed by atoms with Crippen LogP contribution >= 0.6 is 0 Å². The lowest BCUT2D eigenvalue weighted by atomic mass is 9.95. The fraction of sp³-hybridized carbons (Fsp3) is 0.421. The van der Waals surface area contributed by atoms with Gasteiger partial charge in [0.15, 0.2) is 0 Å². The molecule has 4 nitrogen and oxygen atoms in total. The molecule has 2 aromatic rings. The van der Waals surface area contributed by atoms with Gasteiger partial charge in [0.1, 0.15) is 11.5 Å². The number of likely N-dealkylation sites (tertiary alicyclic amines) is 1. The summed E-state index contributed by atoms with van der Waals surface area (Å²) in [6, 6.07) is 14.9. The maximum Gasteiger partial charge on any atom is 0.227 e. The van der Waals surface area contributed by atoms with E-state index in [1.165, 1.54) is 0 Å². The third-order valence-corrected chi connectivity index (χ3v) is 5.07. The summed E-state index contributed by atoms with van der Waals surface area (Å²) in [7, 11) is 0. The second kappa shape index (κ2) is 5.85. The summed E-state index contributed by atoms with van der Waals surface area (Å²) in [6.07, 6.45) is 2.61. The number of hydrogen-bond donors (Lipinski definition) is 0. The first-order chi connectivity index (χ1) is 11.2. The number of benzene rings is 1. The number of hydrogen-bond acceptors (Lipinski definition) is 3. The molecule has 23 heavy (non-hydrogen) atoms. The third kappa shape index (κ3) is 2.68. The number of anilines is 1. The van der Waals surface area contributed by atoms with Gasteiger partial charge in [-0.2, -0.15) is 0 Å². The first-order valence-electron chi connectivity index (χ1n) is 8.39. The Morgan fingerprint density at radius 3 is 2.65 bits per heavy atom. The fourth-order valence-electron chi connectivity index (χ4n) is 4.04. The van der Waals surface area contributed by atoms with Crippen molar-refractivity contribution < 1.29 is 9.21 Å². The summed E-state index contributed by atoms with van der Waals surface area (Å²) in [5.41, 5.74) is 1.03. The zero-order valence-electron chi connectivity index (χ0n) is 13.4. The maximum atomic E-state index is 12.5. The minimum Gasteiger partial charge on any atom is -0.465 e. The topological polar surface area (TPSA) is 36.7 Å². The second-order valence-electron chi connectivity index (χ2n) is 6.54. The van der Waals surface area contributed by atoms with Gasteiger partial charge in [-0.3, -0.25) is 9.69 Å². The Bertz CT molecular complexity index is 694. The molecule has 1 aromatic heterocycles. The van der Waals surface area contributed by atoms with Crippen LogP contribution in [0.15, 0.2) is 46.9 Å². The lowest BCUT2D eigenvalue weighted by molar-refractivity contribution is -0.120. The molecule has 2 saturated heterocycles. The summed E-state index contributed by atoms with van der Waals surface area (Å²) < 4.78 is 5.74. The van der Waals surface area contributed by atoms with Crippen molar-refractivity contribution in [3.63, 3.8) is 0 Å². The second-order valence-corrected chi connectivity index (χ2v) is 6.54. The average Bonchev–Trinajstić information content (AvgIpc) is 3.15. The van der Waals surface area contributed by atoms with E-state index < -0.39 is 0 Å². The summed E-state index contributed by atoms with van der Waals surface area (Å²) >= 11 is 0. The number of fused-ring (bicyclic) bond motifs is 1. The van der Waals surface area contributed by atoms with E-state index in [2.05, 4.69) is 11.0 Å². The fourth-order valence-corrected chi connectivity index (χ4v) is 4.04. The molecule has 2 aliphatic heterocycles. The van der Waals surface area contributed by atoms with Gasteiger partial charge in [0.2, 0.25) is 5.91 Å². The molecular formula is C19H22N2O2. The van der Waals surface area contributed by atoms with Gasteiger partial charge in [0.25, 0.3) is 0 Å². The Hall–Kier alpha value is -2.07. The van der Waals surface area contributed by atoms with Crippen molar-refractivity contribution in [3.8, 4) is 0 Å². The van der Waals surface area contributed by atoms with Crippen LogP contribution in [-0.2, 0) is 11.3 Å². The number of furan rings is 1. The van der Waals surface area contributed by atoms with Crippen LogP contribution in [-0.4, -0.2) is 29.4 Å². The highest BCUT2D eigenvalue weighted by molar-refractivity contribution is 5.95. The van der Waals surface area contributed by atoms with Crippen molar-refractivity contribution in [1.29, 1.82) is 0 Å². The van der Waals surface area contributed by atoms with Crippen LogP contribution in [0.3, 0.4) is 0 Å². The molecule has 0 bridgehead atoms. The first-order valence-corrected chi connectivity index (χ1v) is 8.39. The van der Waals surface area contributed by atoms with Gasteiger partial charge in [0, 0.05) is 24.7 Å². The van der Waals surface area contributed by atoms with Crippen LogP contribution in [0.1, 0.15) is 30.8 Å². The number of piperidine rings is 1. The number of carbonyl (C=O) groups is 1. The van der Waals surface area contributed by atoms with Crippen molar-refractivity contribution in [1.82, 2.24) is 4.90 Å². The summed E-state index contributed by atoms with van der Waals surface area (Å²) in [5.74, 6) is 2.24. The molecule has 3 heterocycles. The molecule has 0 unspecified atom stereocenters. The zero-order valence-corrected chi connectivity index (χ0v) is 13.4. The van der Waals surface area contributed by atoms with Crippen molar-refractivity contribution in [2.45, 2.75) is 44.8 Å². The lowest BCUT2D eigenvalue weighted by Crippen LogP contribution is -2.52. The van der Waals surface area contributed by atoms with E-state index in [1.807, 2.05) is 48.2 Å². The van der Waals surface area contributed by atoms with Crippen molar-refractivity contribution in [2.24, 2.45) is 0 Å². The number of aryl methyl sites for hydroxylation is 1. The molecule has 120 valence electrons. The van der Waals surface area contributed by atoms with Crippen LogP contribution in [0.5, 0.6) is 0 Å². The predicted octanol–water partition coefficient (Wildman–Crippen LogP) is 3.36. The summed E-state index contributed by atoms with van der Waals surface area (Å²) in [5, 5.41) is 0. The Balaban J connectivity index is 1.55. The molecule has 4 rings (SSSR count). The van der Waals surface area contributed by atoms with Crippen LogP contribution in [0.25, 0.3) is 0 Å². The SMILES string of the molecule is Cc1ccc(CN2CC[C@@H]3[C@H]2CCC(=O)N3c2ccccc2)o1. The molecule has 2 fully saturated rings. The highest BCUT2D eigenvalue weighted by Gasteiger charge is 2.43. The smallest absolute Gasteiger partial charge is 0.227 e. The van der Waals surface area contributed by atoms with E-state index in [4.69, 9.17) is 4.42 Å². The maximum absolute atomic E-state index is 12.5. The van der Waals surface area contributed by atoms with Crippen LogP contribution < -0.4 is 4.90 Å². The van der Waals surface area contributed by atoms with E-state index in [-0.39, 0.29) is 11.9 Å². The standard InChI is InChI=1S/C19H22N2O2/c1-14-7-8-16(23-14)13-20-12-11-18-17(20)9-10-19(22)21(18)15-5-3-2-4-6-15/h2-8,17-18H,9-13H2,1H3/t17-,18-/m1/s1. The Morgan fingerprint density at radius 2 is 1.91 bits per heavy atom. The molecule has 0 N–H and O–H groups in total. The Kier molecular flexibility index (Phi) is 3.69. The number of carbonyl (C=O) groups excluding carboxylic acids is 1. The molecule has 0 spiro atoms. The number of rotatable bonds is 3. The minimum atomic E-state index is 0.258. The van der Waals surface area contributed by atoms with Crippen molar-refractivity contribution in [2.75, 3.05) is 11.4 Å². The molecule has 1 aromatic carbocycles. The van der Waals surface area contributed by atoms with Crippen molar-refractivity contribution >= 4 is 11.6 Å². The highest BCUT2D eigenvalue weighted by Crippen LogP contribution is 2.35. The lowest BCUT2D eigenvalue weighted by Gasteiger charge is -2.39. The van der Waals surface area contributed by atoms with E-state index >= 15 is 0 Å². The number of nitrogens with zero attached hydrogens (tertiary/aromatic N) is 2. The van der Waals surface area contributed by atoms with Crippen LogP contribution in [0, 0.1) is 6.92 Å². The quantitative estimate of drug-likeness (QED) is 0.872. The average molecular weight is 310 g/mol. The van der Waals surface area contributed by atoms with Crippen LogP contribution in [0.4, 0.5) is 5.69 Å². The van der Waals surface area contributed by atoms with E-state index in [9.17, 15) is 4.79 Å². The van der Waals surface area contributed by atoms with Crippen LogP contribution in [0.2, 0.25) is 0 Å². The Morgan fingerprint density at radius 1 is 1.09 bits per heavy atom. The van der Waals surface area contributed by atoms with Crippen molar-refractivity contribution in [3.05, 3.63) is 54.0 Å². The minimum absolute atomic E-state index is 0.258.